The van der Waals surface area contributed by atoms with Crippen molar-refractivity contribution in [1.82, 2.24) is 4.90 Å². The molecule has 2 heteroatoms. The van der Waals surface area contributed by atoms with E-state index in [0.29, 0.717) is 0 Å². The van der Waals surface area contributed by atoms with E-state index < -0.39 is 0 Å². The highest BCUT2D eigenvalue weighted by Crippen LogP contribution is 2.26. The molecule has 0 radical (unpaired) electrons. The third-order valence-corrected chi connectivity index (χ3v) is 3.32. The smallest absolute Gasteiger partial charge is 0.00924 e. The number of hydrogen-bond donors (Lipinski definition) is 1. The Labute approximate surface area is 82.5 Å². The third-order valence-electron chi connectivity index (χ3n) is 3.32. The quantitative estimate of drug-likeness (QED) is 0.722. The highest BCUT2D eigenvalue weighted by atomic mass is 15.1. The van der Waals surface area contributed by atoms with Crippen molar-refractivity contribution >= 4 is 0 Å². The summed E-state index contributed by atoms with van der Waals surface area (Å²) in [5, 5.41) is 0. The van der Waals surface area contributed by atoms with Gasteiger partial charge in [0.2, 0.25) is 0 Å². The van der Waals surface area contributed by atoms with E-state index in [0.717, 1.165) is 24.9 Å². The number of hydrogen-bond acceptors (Lipinski definition) is 2. The molecular formula is C11H24N2. The van der Waals surface area contributed by atoms with Crippen LogP contribution in [0, 0.1) is 5.92 Å². The van der Waals surface area contributed by atoms with Crippen LogP contribution in [0.3, 0.4) is 0 Å². The zero-order valence-electron chi connectivity index (χ0n) is 9.13. The van der Waals surface area contributed by atoms with E-state index in [9.17, 15) is 0 Å². The van der Waals surface area contributed by atoms with E-state index in [1.165, 1.54) is 32.2 Å². The Morgan fingerprint density at radius 3 is 2.38 bits per heavy atom. The molecule has 78 valence electrons. The van der Waals surface area contributed by atoms with Gasteiger partial charge < -0.3 is 10.6 Å². The second-order valence-corrected chi connectivity index (χ2v) is 4.54. The molecule has 1 aliphatic carbocycles. The SMILES string of the molecule is CC1CCC(N(C)CCCN)CC1. The van der Waals surface area contributed by atoms with Crippen LogP contribution in [0.15, 0.2) is 0 Å². The summed E-state index contributed by atoms with van der Waals surface area (Å²) >= 11 is 0. The largest absolute Gasteiger partial charge is 0.330 e. The van der Waals surface area contributed by atoms with Gasteiger partial charge in [0.05, 0.1) is 0 Å². The van der Waals surface area contributed by atoms with Crippen LogP contribution in [0.1, 0.15) is 39.0 Å². The molecule has 13 heavy (non-hydrogen) atoms. The fourth-order valence-electron chi connectivity index (χ4n) is 2.21. The highest BCUT2D eigenvalue weighted by molar-refractivity contribution is 4.76. The van der Waals surface area contributed by atoms with E-state index in [1.807, 2.05) is 0 Å². The minimum absolute atomic E-state index is 0.827. The van der Waals surface area contributed by atoms with Gasteiger partial charge in [0.15, 0.2) is 0 Å². The van der Waals surface area contributed by atoms with Gasteiger partial charge in [0, 0.05) is 6.04 Å². The van der Waals surface area contributed by atoms with Gasteiger partial charge in [-0.3, -0.25) is 0 Å². The molecule has 0 aromatic carbocycles. The van der Waals surface area contributed by atoms with Gasteiger partial charge in [-0.2, -0.15) is 0 Å². The Morgan fingerprint density at radius 1 is 1.23 bits per heavy atom. The second kappa shape index (κ2) is 5.61. The third kappa shape index (κ3) is 3.65. The highest BCUT2D eigenvalue weighted by Gasteiger charge is 2.20. The van der Waals surface area contributed by atoms with Gasteiger partial charge in [-0.15, -0.1) is 0 Å². The summed E-state index contributed by atoms with van der Waals surface area (Å²) in [6.07, 6.45) is 6.75. The van der Waals surface area contributed by atoms with E-state index >= 15 is 0 Å². The van der Waals surface area contributed by atoms with Gasteiger partial charge in [0.1, 0.15) is 0 Å². The fourth-order valence-corrected chi connectivity index (χ4v) is 2.21. The molecule has 1 rings (SSSR count). The number of nitrogens with two attached hydrogens (primary N) is 1. The van der Waals surface area contributed by atoms with Crippen molar-refractivity contribution in [2.45, 2.75) is 45.1 Å². The molecule has 1 saturated carbocycles. The lowest BCUT2D eigenvalue weighted by Crippen LogP contribution is -2.36. The summed E-state index contributed by atoms with van der Waals surface area (Å²) in [6, 6.07) is 0.836. The van der Waals surface area contributed by atoms with Crippen molar-refractivity contribution in [2.75, 3.05) is 20.1 Å². The molecule has 0 spiro atoms. The maximum Gasteiger partial charge on any atom is 0.00924 e. The van der Waals surface area contributed by atoms with E-state index in [4.69, 9.17) is 5.73 Å². The van der Waals surface area contributed by atoms with Gasteiger partial charge in [-0.05, 0) is 58.2 Å². The number of nitrogens with zero attached hydrogens (tertiary/aromatic N) is 1. The second-order valence-electron chi connectivity index (χ2n) is 4.54. The molecule has 0 heterocycles. The average Bonchev–Trinajstić information content (AvgIpc) is 2.15. The van der Waals surface area contributed by atoms with Crippen molar-refractivity contribution in [2.24, 2.45) is 11.7 Å². The molecule has 2 N–H and O–H groups in total. The summed E-state index contributed by atoms with van der Waals surface area (Å²) in [5.41, 5.74) is 5.50. The van der Waals surface area contributed by atoms with E-state index in [2.05, 4.69) is 18.9 Å². The van der Waals surface area contributed by atoms with Crippen molar-refractivity contribution < 1.29 is 0 Å². The molecule has 0 saturated heterocycles. The molecule has 0 aromatic heterocycles. The van der Waals surface area contributed by atoms with Crippen molar-refractivity contribution in [3.05, 3.63) is 0 Å². The first-order valence-electron chi connectivity index (χ1n) is 5.64. The van der Waals surface area contributed by atoms with Crippen LogP contribution in [-0.2, 0) is 0 Å². The Kier molecular flexibility index (Phi) is 4.74. The standard InChI is InChI=1S/C11H24N2/c1-10-4-6-11(7-5-10)13(2)9-3-8-12/h10-11H,3-9,12H2,1-2H3. The lowest BCUT2D eigenvalue weighted by Gasteiger charge is -2.33. The molecule has 1 aliphatic rings. The molecule has 0 aromatic rings. The van der Waals surface area contributed by atoms with Gasteiger partial charge >= 0.3 is 0 Å². The normalized spacial score (nSPS) is 29.5. The van der Waals surface area contributed by atoms with Crippen molar-refractivity contribution in [3.8, 4) is 0 Å². The molecule has 0 atom stereocenters. The summed E-state index contributed by atoms with van der Waals surface area (Å²) < 4.78 is 0. The van der Waals surface area contributed by atoms with Gasteiger partial charge in [0.25, 0.3) is 0 Å². The topological polar surface area (TPSA) is 29.3 Å². The average molecular weight is 184 g/mol. The van der Waals surface area contributed by atoms with Crippen LogP contribution in [0.25, 0.3) is 0 Å². The fraction of sp³-hybridized carbons (Fsp3) is 1.00. The minimum atomic E-state index is 0.827. The van der Waals surface area contributed by atoms with Crippen molar-refractivity contribution in [3.63, 3.8) is 0 Å². The maximum atomic E-state index is 5.50. The van der Waals surface area contributed by atoms with Crippen molar-refractivity contribution in [1.29, 1.82) is 0 Å². The lowest BCUT2D eigenvalue weighted by atomic mass is 9.87. The lowest BCUT2D eigenvalue weighted by molar-refractivity contribution is 0.169. The first-order chi connectivity index (χ1) is 6.24. The molecular weight excluding hydrogens is 160 g/mol. The minimum Gasteiger partial charge on any atom is -0.330 e. The molecule has 0 aliphatic heterocycles. The van der Waals surface area contributed by atoms with Crippen LogP contribution < -0.4 is 5.73 Å². The first kappa shape index (κ1) is 11.0. The predicted molar refractivity (Wildman–Crippen MR) is 57.7 cm³/mol. The Hall–Kier alpha value is -0.0800. The van der Waals surface area contributed by atoms with Gasteiger partial charge in [-0.1, -0.05) is 6.92 Å². The van der Waals surface area contributed by atoms with Gasteiger partial charge in [-0.25, -0.2) is 0 Å². The summed E-state index contributed by atoms with van der Waals surface area (Å²) in [5.74, 6) is 0.958. The Balaban J connectivity index is 2.19. The van der Waals surface area contributed by atoms with Crippen LogP contribution in [-0.4, -0.2) is 31.1 Å². The summed E-state index contributed by atoms with van der Waals surface area (Å²) in [7, 11) is 2.25. The molecule has 0 amide bonds. The zero-order chi connectivity index (χ0) is 9.68. The Bertz CT molecular complexity index is 128. The molecule has 2 nitrogen and oxygen atoms in total. The Morgan fingerprint density at radius 2 is 1.85 bits per heavy atom. The maximum absolute atomic E-state index is 5.50. The monoisotopic (exact) mass is 184 g/mol. The van der Waals surface area contributed by atoms with E-state index in [-0.39, 0.29) is 0 Å². The molecule has 1 fully saturated rings. The molecule has 0 unspecified atom stereocenters. The van der Waals surface area contributed by atoms with Crippen LogP contribution in [0.4, 0.5) is 0 Å². The zero-order valence-corrected chi connectivity index (χ0v) is 9.13. The summed E-state index contributed by atoms with van der Waals surface area (Å²) in [4.78, 5) is 2.50. The van der Waals surface area contributed by atoms with Crippen LogP contribution in [0.5, 0.6) is 0 Å². The van der Waals surface area contributed by atoms with E-state index in [1.54, 1.807) is 0 Å². The van der Waals surface area contributed by atoms with Crippen LogP contribution in [0.2, 0.25) is 0 Å². The summed E-state index contributed by atoms with van der Waals surface area (Å²) in [6.45, 7) is 4.37. The number of rotatable bonds is 4. The predicted octanol–water partition coefficient (Wildman–Crippen LogP) is 1.85. The molecule has 0 bridgehead atoms. The van der Waals surface area contributed by atoms with Crippen LogP contribution >= 0.6 is 0 Å². The first-order valence-corrected chi connectivity index (χ1v) is 5.64.